The molecule has 0 saturated carbocycles. The van der Waals surface area contributed by atoms with Crippen molar-refractivity contribution in [3.63, 3.8) is 0 Å². The van der Waals surface area contributed by atoms with E-state index in [0.29, 0.717) is 28.6 Å². The van der Waals surface area contributed by atoms with E-state index < -0.39 is 0 Å². The van der Waals surface area contributed by atoms with Crippen LogP contribution in [0.25, 0.3) is 27.9 Å². The first-order chi connectivity index (χ1) is 15.1. The van der Waals surface area contributed by atoms with Gasteiger partial charge in [-0.2, -0.15) is 9.61 Å². The van der Waals surface area contributed by atoms with Crippen molar-refractivity contribution >= 4 is 28.4 Å². The zero-order valence-corrected chi connectivity index (χ0v) is 17.5. The molecule has 9 heteroatoms. The average molecular weight is 433 g/mol. The number of methoxy groups -OCH3 is 1. The highest BCUT2D eigenvalue weighted by atomic mass is 35.5. The normalized spacial score (nSPS) is 11.3. The lowest BCUT2D eigenvalue weighted by Gasteiger charge is -2.10. The van der Waals surface area contributed by atoms with Crippen LogP contribution in [-0.4, -0.2) is 36.5 Å². The predicted octanol–water partition coefficient (Wildman–Crippen LogP) is 3.52. The third-order valence-electron chi connectivity index (χ3n) is 5.14. The third kappa shape index (κ3) is 3.21. The molecule has 0 aliphatic heterocycles. The molecule has 8 nitrogen and oxygen atoms in total. The largest absolute Gasteiger partial charge is 0.496 e. The van der Waals surface area contributed by atoms with Crippen LogP contribution in [0.2, 0.25) is 5.02 Å². The zero-order valence-electron chi connectivity index (χ0n) is 16.8. The molecule has 3 heterocycles. The van der Waals surface area contributed by atoms with E-state index in [4.69, 9.17) is 16.3 Å². The number of benzene rings is 2. The summed E-state index contributed by atoms with van der Waals surface area (Å²) < 4.78 is 8.43. The van der Waals surface area contributed by atoms with Crippen LogP contribution in [0.1, 0.15) is 11.3 Å². The van der Waals surface area contributed by atoms with Gasteiger partial charge in [0.25, 0.3) is 5.56 Å². The lowest BCUT2D eigenvalue weighted by molar-refractivity contribution is 0.408. The van der Waals surface area contributed by atoms with Crippen LogP contribution in [0.3, 0.4) is 0 Å². The first-order valence-electron chi connectivity index (χ1n) is 9.56. The van der Waals surface area contributed by atoms with Gasteiger partial charge in [-0.3, -0.25) is 9.36 Å². The molecule has 2 aromatic carbocycles. The van der Waals surface area contributed by atoms with E-state index in [9.17, 15) is 4.79 Å². The van der Waals surface area contributed by atoms with E-state index >= 15 is 0 Å². The van der Waals surface area contributed by atoms with Gasteiger partial charge in [0, 0.05) is 10.6 Å². The summed E-state index contributed by atoms with van der Waals surface area (Å²) in [6.45, 7) is 2.19. The minimum Gasteiger partial charge on any atom is -0.496 e. The molecule has 154 valence electrons. The van der Waals surface area contributed by atoms with Crippen molar-refractivity contribution in [3.8, 4) is 16.9 Å². The standard InChI is InChI=1S/C22H17ClN6O2/c1-13-18(14-7-9-16(23)10-8-14)20-26-25-19-21(29(20)27-13)24-12-28(22(19)30)11-15-5-3-4-6-17(15)31-2/h3-10,12H,11H2,1-2H3. The average Bonchev–Trinajstić information content (AvgIpc) is 3.12. The summed E-state index contributed by atoms with van der Waals surface area (Å²) in [7, 11) is 1.60. The molecule has 3 aromatic heterocycles. The van der Waals surface area contributed by atoms with Gasteiger partial charge in [-0.25, -0.2) is 4.98 Å². The molecule has 0 fully saturated rings. The van der Waals surface area contributed by atoms with Crippen LogP contribution in [0.15, 0.2) is 59.7 Å². The summed E-state index contributed by atoms with van der Waals surface area (Å²) in [5, 5.41) is 13.7. The number of para-hydroxylation sites is 1. The van der Waals surface area contributed by atoms with Gasteiger partial charge in [0.2, 0.25) is 0 Å². The van der Waals surface area contributed by atoms with E-state index in [1.54, 1.807) is 11.6 Å². The van der Waals surface area contributed by atoms with Crippen LogP contribution >= 0.6 is 11.6 Å². The fourth-order valence-electron chi connectivity index (χ4n) is 3.65. The second-order valence-corrected chi connectivity index (χ2v) is 7.50. The summed E-state index contributed by atoms with van der Waals surface area (Å²) in [5.41, 5.74) is 4.09. The van der Waals surface area contributed by atoms with Crippen LogP contribution < -0.4 is 10.3 Å². The number of hydrogen-bond acceptors (Lipinski definition) is 6. The number of aryl methyl sites for hydroxylation is 1. The second-order valence-electron chi connectivity index (χ2n) is 7.06. The van der Waals surface area contributed by atoms with Gasteiger partial charge in [-0.1, -0.05) is 41.9 Å². The highest BCUT2D eigenvalue weighted by molar-refractivity contribution is 6.30. The molecule has 0 amide bonds. The molecule has 5 aromatic rings. The molecular formula is C22H17ClN6O2. The summed E-state index contributed by atoms with van der Waals surface area (Å²) in [6.07, 6.45) is 1.50. The quantitative estimate of drug-likeness (QED) is 0.432. The number of nitrogens with zero attached hydrogens (tertiary/aromatic N) is 6. The Bertz CT molecular complexity index is 1490. The molecule has 0 unspecified atom stereocenters. The molecule has 0 saturated heterocycles. The first-order valence-corrected chi connectivity index (χ1v) is 9.93. The van der Waals surface area contributed by atoms with Crippen molar-refractivity contribution in [2.75, 3.05) is 7.11 Å². The molecule has 0 spiro atoms. The van der Waals surface area contributed by atoms with Crippen LogP contribution in [-0.2, 0) is 6.54 Å². The Kier molecular flexibility index (Phi) is 4.63. The van der Waals surface area contributed by atoms with E-state index in [1.807, 2.05) is 55.5 Å². The van der Waals surface area contributed by atoms with Crippen LogP contribution in [0.5, 0.6) is 5.75 Å². The number of aromatic nitrogens is 6. The summed E-state index contributed by atoms with van der Waals surface area (Å²) in [6, 6.07) is 14.9. The molecule has 0 N–H and O–H groups in total. The fourth-order valence-corrected chi connectivity index (χ4v) is 3.77. The second kappa shape index (κ2) is 7.48. The fraction of sp³-hybridized carbons (Fsp3) is 0.136. The molecule has 31 heavy (non-hydrogen) atoms. The van der Waals surface area contributed by atoms with Crippen molar-refractivity contribution in [1.29, 1.82) is 0 Å². The van der Waals surface area contributed by atoms with Crippen molar-refractivity contribution in [2.45, 2.75) is 13.5 Å². The highest BCUT2D eigenvalue weighted by Crippen LogP contribution is 2.28. The Hall–Kier alpha value is -3.78. The Balaban J connectivity index is 1.65. The van der Waals surface area contributed by atoms with Crippen molar-refractivity contribution in [3.05, 3.63) is 81.5 Å². The molecule has 0 aliphatic carbocycles. The van der Waals surface area contributed by atoms with E-state index in [2.05, 4.69) is 20.3 Å². The van der Waals surface area contributed by atoms with Crippen LogP contribution in [0, 0.1) is 6.92 Å². The topological polar surface area (TPSA) is 87.2 Å². The first kappa shape index (κ1) is 19.2. The van der Waals surface area contributed by atoms with Crippen molar-refractivity contribution < 1.29 is 4.74 Å². The molecule has 0 aliphatic rings. The minimum absolute atomic E-state index is 0.148. The lowest BCUT2D eigenvalue weighted by atomic mass is 10.1. The summed E-state index contributed by atoms with van der Waals surface area (Å²) >= 11 is 6.01. The van der Waals surface area contributed by atoms with Gasteiger partial charge in [-0.15, -0.1) is 10.2 Å². The zero-order chi connectivity index (χ0) is 21.5. The van der Waals surface area contributed by atoms with Gasteiger partial charge >= 0.3 is 0 Å². The minimum atomic E-state index is -0.300. The maximum Gasteiger partial charge on any atom is 0.283 e. The van der Waals surface area contributed by atoms with Gasteiger partial charge in [-0.05, 0) is 30.7 Å². The summed E-state index contributed by atoms with van der Waals surface area (Å²) in [4.78, 5) is 17.6. The molecule has 0 atom stereocenters. The monoisotopic (exact) mass is 432 g/mol. The number of ether oxygens (including phenoxy) is 1. The van der Waals surface area contributed by atoms with E-state index in [0.717, 1.165) is 22.4 Å². The Morgan fingerprint density at radius 2 is 1.81 bits per heavy atom. The number of hydrogen-bond donors (Lipinski definition) is 0. The Morgan fingerprint density at radius 3 is 2.58 bits per heavy atom. The summed E-state index contributed by atoms with van der Waals surface area (Å²) in [5.74, 6) is 0.700. The maximum atomic E-state index is 13.1. The number of rotatable bonds is 4. The van der Waals surface area contributed by atoms with Gasteiger partial charge in [0.1, 0.15) is 12.1 Å². The van der Waals surface area contributed by atoms with Gasteiger partial charge in [0.05, 0.1) is 24.9 Å². The van der Waals surface area contributed by atoms with Gasteiger partial charge in [0.15, 0.2) is 16.8 Å². The van der Waals surface area contributed by atoms with Gasteiger partial charge < -0.3 is 4.74 Å². The highest BCUT2D eigenvalue weighted by Gasteiger charge is 2.18. The Labute approximate surface area is 181 Å². The maximum absolute atomic E-state index is 13.1. The lowest BCUT2D eigenvalue weighted by Crippen LogP contribution is -2.23. The van der Waals surface area contributed by atoms with Crippen molar-refractivity contribution in [1.82, 2.24) is 29.4 Å². The number of halogens is 1. The molecule has 0 radical (unpaired) electrons. The SMILES string of the molecule is COc1ccccc1Cn1cnc2c(nnc3c(-c4ccc(Cl)cc4)c(C)nn32)c1=O. The molecular weight excluding hydrogens is 416 g/mol. The molecule has 5 rings (SSSR count). The molecule has 0 bridgehead atoms. The van der Waals surface area contributed by atoms with Crippen LogP contribution in [0.4, 0.5) is 0 Å². The van der Waals surface area contributed by atoms with Crippen molar-refractivity contribution in [2.24, 2.45) is 0 Å². The predicted molar refractivity (Wildman–Crippen MR) is 118 cm³/mol. The Morgan fingerprint density at radius 1 is 1.03 bits per heavy atom. The smallest absolute Gasteiger partial charge is 0.283 e. The third-order valence-corrected chi connectivity index (χ3v) is 5.39. The van der Waals surface area contributed by atoms with E-state index in [1.165, 1.54) is 10.9 Å². The van der Waals surface area contributed by atoms with E-state index in [-0.39, 0.29) is 11.1 Å². The number of fused-ring (bicyclic) bond motifs is 3.